The van der Waals surface area contributed by atoms with Crippen LogP contribution in [-0.4, -0.2) is 29.3 Å². The fraction of sp³-hybridized carbons (Fsp3) is 0.500. The Kier molecular flexibility index (Phi) is 4.11. The number of non-ortho nitro benzene ring substituents is 1. The van der Waals surface area contributed by atoms with E-state index in [2.05, 4.69) is 0 Å². The number of nitro benzene ring substituents is 1. The molecule has 0 saturated carbocycles. The second-order valence-electron chi connectivity index (χ2n) is 4.15. The van der Waals surface area contributed by atoms with Crippen molar-refractivity contribution >= 4 is 5.69 Å². The Morgan fingerprint density at radius 1 is 1.56 bits per heavy atom. The van der Waals surface area contributed by atoms with Crippen molar-refractivity contribution in [1.29, 1.82) is 0 Å². The summed E-state index contributed by atoms with van der Waals surface area (Å²) in [6.07, 6.45) is 2.06. The SMILES string of the molecule is O=[N+]([O-])c1ccc(OCC2CCCO2)c(CO)c1. The highest BCUT2D eigenvalue weighted by Gasteiger charge is 2.17. The molecular weight excluding hydrogens is 238 g/mol. The third-order valence-electron chi connectivity index (χ3n) is 2.87. The highest BCUT2D eigenvalue weighted by atomic mass is 16.6. The molecule has 0 radical (unpaired) electrons. The maximum absolute atomic E-state index is 10.6. The van der Waals surface area contributed by atoms with Crippen LogP contribution in [-0.2, 0) is 11.3 Å². The van der Waals surface area contributed by atoms with E-state index in [4.69, 9.17) is 9.47 Å². The van der Waals surface area contributed by atoms with Gasteiger partial charge in [-0.2, -0.15) is 0 Å². The molecule has 0 bridgehead atoms. The second-order valence-corrected chi connectivity index (χ2v) is 4.15. The Balaban J connectivity index is 2.04. The van der Waals surface area contributed by atoms with Crippen molar-refractivity contribution in [3.63, 3.8) is 0 Å². The van der Waals surface area contributed by atoms with Crippen molar-refractivity contribution in [1.82, 2.24) is 0 Å². The maximum Gasteiger partial charge on any atom is 0.270 e. The number of rotatable bonds is 5. The first-order valence-electron chi connectivity index (χ1n) is 5.83. The molecule has 1 N–H and O–H groups in total. The number of benzene rings is 1. The predicted molar refractivity (Wildman–Crippen MR) is 63.5 cm³/mol. The molecule has 0 spiro atoms. The number of ether oxygens (including phenoxy) is 2. The number of nitro groups is 1. The zero-order valence-corrected chi connectivity index (χ0v) is 9.87. The quantitative estimate of drug-likeness (QED) is 0.637. The fourth-order valence-corrected chi connectivity index (χ4v) is 1.90. The molecule has 1 aromatic rings. The Hall–Kier alpha value is -1.66. The van der Waals surface area contributed by atoms with Gasteiger partial charge in [-0.05, 0) is 18.9 Å². The van der Waals surface area contributed by atoms with E-state index in [-0.39, 0.29) is 18.4 Å². The standard InChI is InChI=1S/C12H15NO5/c14-7-9-6-10(13(15)16)3-4-12(9)18-8-11-2-1-5-17-11/h3-4,6,11,14H,1-2,5,7-8H2. The molecule has 1 atom stereocenters. The third kappa shape index (κ3) is 2.96. The van der Waals surface area contributed by atoms with E-state index in [1.54, 1.807) is 0 Å². The van der Waals surface area contributed by atoms with Crippen LogP contribution in [0.2, 0.25) is 0 Å². The first-order valence-corrected chi connectivity index (χ1v) is 5.83. The molecule has 1 aliphatic heterocycles. The molecule has 1 heterocycles. The highest BCUT2D eigenvalue weighted by molar-refractivity contribution is 5.43. The summed E-state index contributed by atoms with van der Waals surface area (Å²) < 4.78 is 11.0. The molecule has 1 unspecified atom stereocenters. The highest BCUT2D eigenvalue weighted by Crippen LogP contribution is 2.25. The van der Waals surface area contributed by atoms with Gasteiger partial charge in [0, 0.05) is 24.3 Å². The number of aliphatic hydroxyl groups is 1. The van der Waals surface area contributed by atoms with Crippen molar-refractivity contribution < 1.29 is 19.5 Å². The van der Waals surface area contributed by atoms with Gasteiger partial charge in [0.1, 0.15) is 12.4 Å². The van der Waals surface area contributed by atoms with Crippen molar-refractivity contribution in [2.45, 2.75) is 25.6 Å². The van der Waals surface area contributed by atoms with Crippen LogP contribution in [0.25, 0.3) is 0 Å². The molecule has 2 rings (SSSR count). The summed E-state index contributed by atoms with van der Waals surface area (Å²) in [5, 5.41) is 19.8. The maximum atomic E-state index is 10.6. The first-order chi connectivity index (χ1) is 8.70. The molecule has 1 saturated heterocycles. The summed E-state index contributed by atoms with van der Waals surface area (Å²) in [7, 11) is 0. The lowest BCUT2D eigenvalue weighted by molar-refractivity contribution is -0.385. The molecule has 18 heavy (non-hydrogen) atoms. The molecule has 6 nitrogen and oxygen atoms in total. The zero-order chi connectivity index (χ0) is 13.0. The lowest BCUT2D eigenvalue weighted by atomic mass is 10.2. The van der Waals surface area contributed by atoms with Crippen LogP contribution in [0.4, 0.5) is 5.69 Å². The van der Waals surface area contributed by atoms with Gasteiger partial charge in [-0.25, -0.2) is 0 Å². The van der Waals surface area contributed by atoms with Crippen LogP contribution in [0, 0.1) is 10.1 Å². The number of hydrogen-bond donors (Lipinski definition) is 1. The number of aliphatic hydroxyl groups excluding tert-OH is 1. The summed E-state index contributed by atoms with van der Waals surface area (Å²) in [6.45, 7) is 0.870. The van der Waals surface area contributed by atoms with E-state index in [1.165, 1.54) is 18.2 Å². The van der Waals surface area contributed by atoms with Crippen LogP contribution in [0.5, 0.6) is 5.75 Å². The minimum absolute atomic E-state index is 0.0523. The van der Waals surface area contributed by atoms with E-state index < -0.39 is 4.92 Å². The molecule has 6 heteroatoms. The summed E-state index contributed by atoms with van der Waals surface area (Å²) in [4.78, 5) is 10.1. The predicted octanol–water partition coefficient (Wildman–Crippen LogP) is 1.64. The Bertz CT molecular complexity index is 428. The monoisotopic (exact) mass is 253 g/mol. The molecule has 0 amide bonds. The van der Waals surface area contributed by atoms with Crippen LogP contribution in [0.15, 0.2) is 18.2 Å². The Morgan fingerprint density at radius 2 is 2.39 bits per heavy atom. The van der Waals surface area contributed by atoms with Gasteiger partial charge in [-0.15, -0.1) is 0 Å². The Morgan fingerprint density at radius 3 is 3.00 bits per heavy atom. The van der Waals surface area contributed by atoms with Crippen molar-refractivity contribution in [2.24, 2.45) is 0 Å². The average Bonchev–Trinajstić information content (AvgIpc) is 2.89. The van der Waals surface area contributed by atoms with Gasteiger partial charge in [-0.3, -0.25) is 10.1 Å². The van der Waals surface area contributed by atoms with Gasteiger partial charge < -0.3 is 14.6 Å². The fourth-order valence-electron chi connectivity index (χ4n) is 1.90. The average molecular weight is 253 g/mol. The van der Waals surface area contributed by atoms with Crippen LogP contribution < -0.4 is 4.74 Å². The largest absolute Gasteiger partial charge is 0.491 e. The van der Waals surface area contributed by atoms with Crippen molar-refractivity contribution in [2.75, 3.05) is 13.2 Å². The van der Waals surface area contributed by atoms with Gasteiger partial charge in [-0.1, -0.05) is 0 Å². The number of nitrogens with zero attached hydrogens (tertiary/aromatic N) is 1. The summed E-state index contributed by atoms with van der Waals surface area (Å²) in [6, 6.07) is 4.20. The van der Waals surface area contributed by atoms with E-state index in [1.807, 2.05) is 0 Å². The Labute approximate surface area is 104 Å². The molecular formula is C12H15NO5. The minimum atomic E-state index is -0.497. The lowest BCUT2D eigenvalue weighted by Crippen LogP contribution is -2.16. The summed E-state index contributed by atoms with van der Waals surface area (Å²) in [5.74, 6) is 0.471. The van der Waals surface area contributed by atoms with Gasteiger partial charge in [0.2, 0.25) is 0 Å². The lowest BCUT2D eigenvalue weighted by Gasteiger charge is -2.13. The third-order valence-corrected chi connectivity index (χ3v) is 2.87. The van der Waals surface area contributed by atoms with E-state index in [9.17, 15) is 15.2 Å². The van der Waals surface area contributed by atoms with Gasteiger partial charge in [0.15, 0.2) is 0 Å². The van der Waals surface area contributed by atoms with Gasteiger partial charge >= 0.3 is 0 Å². The van der Waals surface area contributed by atoms with Crippen LogP contribution >= 0.6 is 0 Å². The summed E-state index contributed by atoms with van der Waals surface area (Å²) in [5.41, 5.74) is 0.366. The van der Waals surface area contributed by atoms with E-state index in [0.29, 0.717) is 17.9 Å². The second kappa shape index (κ2) is 5.79. The van der Waals surface area contributed by atoms with E-state index in [0.717, 1.165) is 19.4 Å². The van der Waals surface area contributed by atoms with Crippen LogP contribution in [0.1, 0.15) is 18.4 Å². The summed E-state index contributed by atoms with van der Waals surface area (Å²) >= 11 is 0. The minimum Gasteiger partial charge on any atom is -0.491 e. The van der Waals surface area contributed by atoms with E-state index >= 15 is 0 Å². The van der Waals surface area contributed by atoms with Gasteiger partial charge in [0.25, 0.3) is 5.69 Å². The first kappa shape index (κ1) is 12.8. The van der Waals surface area contributed by atoms with Crippen molar-refractivity contribution in [3.8, 4) is 5.75 Å². The number of hydrogen-bond acceptors (Lipinski definition) is 5. The molecule has 0 aromatic heterocycles. The smallest absolute Gasteiger partial charge is 0.270 e. The van der Waals surface area contributed by atoms with Crippen molar-refractivity contribution in [3.05, 3.63) is 33.9 Å². The topological polar surface area (TPSA) is 81.8 Å². The van der Waals surface area contributed by atoms with Crippen LogP contribution in [0.3, 0.4) is 0 Å². The molecule has 1 aliphatic rings. The molecule has 0 aliphatic carbocycles. The normalized spacial score (nSPS) is 18.8. The molecule has 1 aromatic carbocycles. The zero-order valence-electron chi connectivity index (χ0n) is 9.87. The molecule has 1 fully saturated rings. The molecule has 98 valence electrons. The van der Waals surface area contributed by atoms with Gasteiger partial charge in [0.05, 0.1) is 17.6 Å².